The van der Waals surface area contributed by atoms with Crippen LogP contribution in [0.3, 0.4) is 0 Å². The summed E-state index contributed by atoms with van der Waals surface area (Å²) in [5.74, 6) is 1.90. The minimum Gasteiger partial charge on any atom is -0.493 e. The molecule has 0 spiro atoms. The van der Waals surface area contributed by atoms with Crippen molar-refractivity contribution in [2.75, 3.05) is 14.2 Å². The third-order valence-corrected chi connectivity index (χ3v) is 4.83. The molecule has 3 rings (SSSR count). The van der Waals surface area contributed by atoms with E-state index in [0.29, 0.717) is 5.92 Å². The third-order valence-electron chi connectivity index (χ3n) is 4.22. The van der Waals surface area contributed by atoms with Crippen molar-refractivity contribution >= 4 is 11.6 Å². The van der Waals surface area contributed by atoms with E-state index in [1.165, 1.54) is 11.1 Å². The molecule has 2 aromatic carbocycles. The van der Waals surface area contributed by atoms with E-state index in [1.54, 1.807) is 14.2 Å². The van der Waals surface area contributed by atoms with Gasteiger partial charge in [0.1, 0.15) is 0 Å². The van der Waals surface area contributed by atoms with Gasteiger partial charge in [0.2, 0.25) is 0 Å². The van der Waals surface area contributed by atoms with Crippen LogP contribution in [0.2, 0.25) is 0 Å². The van der Waals surface area contributed by atoms with E-state index < -0.39 is 0 Å². The number of hydrogen-bond acceptors (Lipinski definition) is 2. The molecule has 1 unspecified atom stereocenters. The van der Waals surface area contributed by atoms with E-state index in [2.05, 4.69) is 24.3 Å². The van der Waals surface area contributed by atoms with Crippen molar-refractivity contribution in [1.82, 2.24) is 0 Å². The molecule has 3 heteroatoms. The van der Waals surface area contributed by atoms with Crippen molar-refractivity contribution in [2.24, 2.45) is 5.92 Å². The lowest BCUT2D eigenvalue weighted by Gasteiger charge is -2.18. The van der Waals surface area contributed by atoms with Crippen LogP contribution in [-0.4, -0.2) is 14.2 Å². The quantitative estimate of drug-likeness (QED) is 0.779. The van der Waals surface area contributed by atoms with E-state index in [0.717, 1.165) is 29.9 Å². The zero-order chi connectivity index (χ0) is 14.8. The molecule has 21 heavy (non-hydrogen) atoms. The number of ether oxygens (including phenoxy) is 2. The molecular formula is C18H19ClO2. The van der Waals surface area contributed by atoms with E-state index in [9.17, 15) is 0 Å². The zero-order valence-corrected chi connectivity index (χ0v) is 13.1. The van der Waals surface area contributed by atoms with Gasteiger partial charge in [-0.05, 0) is 47.6 Å². The maximum absolute atomic E-state index is 6.73. The lowest BCUT2D eigenvalue weighted by atomic mass is 9.95. The molecule has 0 N–H and O–H groups in total. The molecular weight excluding hydrogens is 284 g/mol. The largest absolute Gasteiger partial charge is 0.493 e. The molecule has 0 radical (unpaired) electrons. The average molecular weight is 303 g/mol. The Kier molecular flexibility index (Phi) is 4.07. The Bertz CT molecular complexity index is 614. The minimum atomic E-state index is -0.0165. The summed E-state index contributed by atoms with van der Waals surface area (Å²) in [6.07, 6.45) is 2.08. The summed E-state index contributed by atoms with van der Waals surface area (Å²) in [6.45, 7) is 0. The van der Waals surface area contributed by atoms with Gasteiger partial charge in [-0.15, -0.1) is 11.6 Å². The predicted molar refractivity (Wildman–Crippen MR) is 85.5 cm³/mol. The van der Waals surface area contributed by atoms with Gasteiger partial charge >= 0.3 is 0 Å². The Hall–Kier alpha value is -1.67. The van der Waals surface area contributed by atoms with Crippen LogP contribution in [0.25, 0.3) is 0 Å². The fourth-order valence-corrected chi connectivity index (χ4v) is 3.41. The van der Waals surface area contributed by atoms with Gasteiger partial charge < -0.3 is 9.47 Å². The molecule has 0 saturated heterocycles. The highest BCUT2D eigenvalue weighted by Gasteiger charge is 2.28. The van der Waals surface area contributed by atoms with Crippen LogP contribution in [0.1, 0.15) is 22.1 Å². The second-order valence-corrected chi connectivity index (χ2v) is 5.92. The Morgan fingerprint density at radius 1 is 0.952 bits per heavy atom. The summed E-state index contributed by atoms with van der Waals surface area (Å²) in [5.41, 5.74) is 3.94. The van der Waals surface area contributed by atoms with Gasteiger partial charge in [-0.25, -0.2) is 0 Å². The molecule has 0 saturated carbocycles. The second kappa shape index (κ2) is 5.98. The van der Waals surface area contributed by atoms with Gasteiger partial charge in [0, 0.05) is 0 Å². The molecule has 1 atom stereocenters. The van der Waals surface area contributed by atoms with Crippen LogP contribution >= 0.6 is 11.6 Å². The number of methoxy groups -OCH3 is 2. The lowest BCUT2D eigenvalue weighted by Crippen LogP contribution is -2.08. The Labute approximate surface area is 130 Å². The Morgan fingerprint density at radius 3 is 2.14 bits per heavy atom. The first-order chi connectivity index (χ1) is 10.2. The third kappa shape index (κ3) is 2.73. The fraction of sp³-hybridized carbons (Fsp3) is 0.333. The van der Waals surface area contributed by atoms with Crippen LogP contribution in [0.5, 0.6) is 11.5 Å². The standard InChI is InChI=1S/C18H19ClO2/c1-20-16-8-7-14(11-17(16)21-2)18(19)15-9-12-5-3-4-6-13(12)10-15/h3-8,11,15,18H,9-10H2,1-2H3. The van der Waals surface area contributed by atoms with Gasteiger partial charge in [-0.2, -0.15) is 0 Å². The highest BCUT2D eigenvalue weighted by molar-refractivity contribution is 6.21. The average Bonchev–Trinajstić information content (AvgIpc) is 2.97. The van der Waals surface area contributed by atoms with Crippen molar-refractivity contribution in [1.29, 1.82) is 0 Å². The molecule has 1 aliphatic rings. The maximum Gasteiger partial charge on any atom is 0.161 e. The van der Waals surface area contributed by atoms with Gasteiger partial charge in [-0.1, -0.05) is 30.3 Å². The lowest BCUT2D eigenvalue weighted by molar-refractivity contribution is 0.354. The van der Waals surface area contributed by atoms with Crippen LogP contribution in [-0.2, 0) is 12.8 Å². The molecule has 0 amide bonds. The van der Waals surface area contributed by atoms with Crippen molar-refractivity contribution in [3.63, 3.8) is 0 Å². The fourth-order valence-electron chi connectivity index (χ4n) is 3.10. The normalized spacial score (nSPS) is 15.6. The number of halogens is 1. The number of benzene rings is 2. The van der Waals surface area contributed by atoms with Crippen LogP contribution in [0.15, 0.2) is 42.5 Å². The topological polar surface area (TPSA) is 18.5 Å². The molecule has 2 aromatic rings. The molecule has 0 fully saturated rings. The maximum atomic E-state index is 6.73. The van der Waals surface area contributed by atoms with Gasteiger partial charge in [0.25, 0.3) is 0 Å². The summed E-state index contributed by atoms with van der Waals surface area (Å²) in [7, 11) is 3.29. The van der Waals surface area contributed by atoms with Crippen LogP contribution < -0.4 is 9.47 Å². The Balaban J connectivity index is 1.82. The van der Waals surface area contributed by atoms with Crippen molar-refractivity contribution in [2.45, 2.75) is 18.2 Å². The van der Waals surface area contributed by atoms with E-state index in [-0.39, 0.29) is 5.38 Å². The van der Waals surface area contributed by atoms with Crippen molar-refractivity contribution < 1.29 is 9.47 Å². The summed E-state index contributed by atoms with van der Waals surface area (Å²) in [5, 5.41) is -0.0165. The first-order valence-electron chi connectivity index (χ1n) is 7.15. The highest BCUT2D eigenvalue weighted by Crippen LogP contribution is 2.41. The smallest absolute Gasteiger partial charge is 0.161 e. The molecule has 0 bridgehead atoms. The van der Waals surface area contributed by atoms with Gasteiger partial charge in [0.15, 0.2) is 11.5 Å². The second-order valence-electron chi connectivity index (χ2n) is 5.45. The molecule has 1 aliphatic carbocycles. The first kappa shape index (κ1) is 14.3. The number of rotatable bonds is 4. The van der Waals surface area contributed by atoms with Gasteiger partial charge in [0.05, 0.1) is 19.6 Å². The van der Waals surface area contributed by atoms with Crippen molar-refractivity contribution in [3.05, 3.63) is 59.2 Å². The van der Waals surface area contributed by atoms with Gasteiger partial charge in [-0.3, -0.25) is 0 Å². The van der Waals surface area contributed by atoms with E-state index in [1.807, 2.05) is 18.2 Å². The van der Waals surface area contributed by atoms with E-state index >= 15 is 0 Å². The Morgan fingerprint density at radius 2 is 1.57 bits per heavy atom. The highest BCUT2D eigenvalue weighted by atomic mass is 35.5. The monoisotopic (exact) mass is 302 g/mol. The minimum absolute atomic E-state index is 0.0165. The predicted octanol–water partition coefficient (Wildman–Crippen LogP) is 4.40. The first-order valence-corrected chi connectivity index (χ1v) is 7.59. The van der Waals surface area contributed by atoms with Crippen LogP contribution in [0.4, 0.5) is 0 Å². The molecule has 0 aromatic heterocycles. The van der Waals surface area contributed by atoms with E-state index in [4.69, 9.17) is 21.1 Å². The molecule has 0 aliphatic heterocycles. The molecule has 110 valence electrons. The number of alkyl halides is 1. The van der Waals surface area contributed by atoms with Crippen molar-refractivity contribution in [3.8, 4) is 11.5 Å². The van der Waals surface area contributed by atoms with Crippen LogP contribution in [0, 0.1) is 5.92 Å². The number of fused-ring (bicyclic) bond motifs is 1. The SMILES string of the molecule is COc1ccc(C(Cl)C2Cc3ccccc3C2)cc1OC. The summed E-state index contributed by atoms with van der Waals surface area (Å²) < 4.78 is 10.6. The summed E-state index contributed by atoms with van der Waals surface area (Å²) in [6, 6.07) is 14.5. The molecule has 0 heterocycles. The molecule has 2 nitrogen and oxygen atoms in total. The summed E-state index contributed by atoms with van der Waals surface area (Å²) in [4.78, 5) is 0. The zero-order valence-electron chi connectivity index (χ0n) is 12.3. The number of hydrogen-bond donors (Lipinski definition) is 0. The summed E-state index contributed by atoms with van der Waals surface area (Å²) >= 11 is 6.73.